The molecule has 8 heteroatoms. The lowest BCUT2D eigenvalue weighted by molar-refractivity contribution is -0.137. The molecule has 2 saturated heterocycles. The van der Waals surface area contributed by atoms with Gasteiger partial charge in [0, 0.05) is 32.7 Å². The van der Waals surface area contributed by atoms with Crippen molar-refractivity contribution in [2.75, 3.05) is 45.8 Å². The molecule has 0 saturated carbocycles. The summed E-state index contributed by atoms with van der Waals surface area (Å²) in [6, 6.07) is 1.66. The second kappa shape index (κ2) is 8.35. The minimum absolute atomic E-state index is 0.0571. The number of carbonyl (C=O) groups excluding carboxylic acids is 3. The molecule has 1 atom stereocenters. The van der Waals surface area contributed by atoms with Gasteiger partial charge in [-0.25, -0.2) is 0 Å². The van der Waals surface area contributed by atoms with Crippen molar-refractivity contribution in [1.82, 2.24) is 14.7 Å². The molecule has 26 heavy (non-hydrogen) atoms. The van der Waals surface area contributed by atoms with E-state index in [1.54, 1.807) is 11.0 Å². The number of piperidine rings is 1. The Morgan fingerprint density at radius 3 is 2.58 bits per heavy atom. The molecule has 8 nitrogen and oxygen atoms in total. The van der Waals surface area contributed by atoms with Crippen LogP contribution in [0.3, 0.4) is 0 Å². The third kappa shape index (κ3) is 4.43. The van der Waals surface area contributed by atoms with E-state index >= 15 is 0 Å². The first-order chi connectivity index (χ1) is 12.5. The molecule has 3 rings (SSSR count). The number of primary amides is 1. The van der Waals surface area contributed by atoms with Gasteiger partial charge in [0.25, 0.3) is 5.91 Å². The smallest absolute Gasteiger partial charge is 0.257 e. The van der Waals surface area contributed by atoms with E-state index in [9.17, 15) is 14.4 Å². The first kappa shape index (κ1) is 18.4. The Hall–Kier alpha value is -2.35. The molecule has 2 aliphatic heterocycles. The van der Waals surface area contributed by atoms with E-state index in [2.05, 4.69) is 0 Å². The predicted molar refractivity (Wildman–Crippen MR) is 94.2 cm³/mol. The summed E-state index contributed by atoms with van der Waals surface area (Å²) in [7, 11) is 0. The van der Waals surface area contributed by atoms with Crippen molar-refractivity contribution in [3.05, 3.63) is 24.2 Å². The number of nitrogens with zero attached hydrogens (tertiary/aromatic N) is 3. The van der Waals surface area contributed by atoms with Crippen LogP contribution in [-0.2, 0) is 9.59 Å². The minimum Gasteiger partial charge on any atom is -0.472 e. The summed E-state index contributed by atoms with van der Waals surface area (Å²) in [6.45, 7) is 3.93. The van der Waals surface area contributed by atoms with E-state index in [0.29, 0.717) is 38.3 Å². The van der Waals surface area contributed by atoms with Gasteiger partial charge in [-0.1, -0.05) is 0 Å². The molecule has 0 spiro atoms. The zero-order chi connectivity index (χ0) is 18.5. The molecule has 3 heterocycles. The summed E-state index contributed by atoms with van der Waals surface area (Å²) < 4.78 is 4.98. The fourth-order valence-corrected chi connectivity index (χ4v) is 3.79. The molecule has 2 N–H and O–H groups in total. The third-order valence-electron chi connectivity index (χ3n) is 5.10. The summed E-state index contributed by atoms with van der Waals surface area (Å²) in [5, 5.41) is 0. The van der Waals surface area contributed by atoms with Gasteiger partial charge in [0.15, 0.2) is 0 Å². The summed E-state index contributed by atoms with van der Waals surface area (Å²) in [4.78, 5) is 42.1. The number of amides is 3. The lowest BCUT2D eigenvalue weighted by atomic mass is 9.96. The lowest BCUT2D eigenvalue weighted by Gasteiger charge is -2.34. The monoisotopic (exact) mass is 362 g/mol. The molecule has 142 valence electrons. The van der Waals surface area contributed by atoms with Crippen LogP contribution in [0.5, 0.6) is 0 Å². The number of carbonyl (C=O) groups is 3. The number of likely N-dealkylation sites (tertiary alicyclic amines) is 1. The van der Waals surface area contributed by atoms with Crippen molar-refractivity contribution in [2.45, 2.75) is 19.3 Å². The largest absolute Gasteiger partial charge is 0.472 e. The van der Waals surface area contributed by atoms with E-state index in [1.807, 2.05) is 9.80 Å². The predicted octanol–water partition coefficient (Wildman–Crippen LogP) is 0.151. The Kier molecular flexibility index (Phi) is 5.92. The normalized spacial score (nSPS) is 22.1. The van der Waals surface area contributed by atoms with Crippen LogP contribution in [0.4, 0.5) is 0 Å². The number of rotatable bonds is 4. The van der Waals surface area contributed by atoms with E-state index in [-0.39, 0.29) is 30.2 Å². The topological polar surface area (TPSA) is 100 Å². The van der Waals surface area contributed by atoms with E-state index < -0.39 is 0 Å². The highest BCUT2D eigenvalue weighted by molar-refractivity contribution is 5.93. The maximum absolute atomic E-state index is 12.9. The van der Waals surface area contributed by atoms with Gasteiger partial charge in [0.2, 0.25) is 11.8 Å². The van der Waals surface area contributed by atoms with Crippen LogP contribution in [0, 0.1) is 5.92 Å². The Morgan fingerprint density at radius 1 is 1.08 bits per heavy atom. The van der Waals surface area contributed by atoms with E-state index in [1.165, 1.54) is 12.5 Å². The highest BCUT2D eigenvalue weighted by Crippen LogP contribution is 2.20. The number of hydrogen-bond acceptors (Lipinski definition) is 5. The molecule has 3 amide bonds. The van der Waals surface area contributed by atoms with Gasteiger partial charge in [0.05, 0.1) is 24.3 Å². The first-order valence-corrected chi connectivity index (χ1v) is 9.15. The van der Waals surface area contributed by atoms with E-state index in [4.69, 9.17) is 10.2 Å². The van der Waals surface area contributed by atoms with Gasteiger partial charge in [-0.15, -0.1) is 0 Å². The number of hydrogen-bond donors (Lipinski definition) is 1. The van der Waals surface area contributed by atoms with Crippen LogP contribution in [0.25, 0.3) is 0 Å². The molecule has 0 radical (unpaired) electrons. The minimum atomic E-state index is -0.360. The summed E-state index contributed by atoms with van der Waals surface area (Å²) in [5.41, 5.74) is 5.81. The lowest BCUT2D eigenvalue weighted by Crippen LogP contribution is -2.47. The fraction of sp³-hybridized carbons (Fsp3) is 0.611. The molecule has 1 aromatic rings. The van der Waals surface area contributed by atoms with Gasteiger partial charge in [-0.05, 0) is 31.9 Å². The SMILES string of the molecule is NC(=O)CN1CCCC(C(=O)N2CCCN(C(=O)c3ccoc3)CC2)C1. The van der Waals surface area contributed by atoms with Crippen molar-refractivity contribution in [2.24, 2.45) is 11.7 Å². The van der Waals surface area contributed by atoms with Crippen LogP contribution >= 0.6 is 0 Å². The van der Waals surface area contributed by atoms with Gasteiger partial charge in [-0.2, -0.15) is 0 Å². The maximum Gasteiger partial charge on any atom is 0.257 e. The molecule has 0 aromatic carbocycles. The highest BCUT2D eigenvalue weighted by atomic mass is 16.3. The molecule has 1 aromatic heterocycles. The average Bonchev–Trinajstić information content (AvgIpc) is 3.05. The highest BCUT2D eigenvalue weighted by Gasteiger charge is 2.31. The number of furan rings is 1. The molecular weight excluding hydrogens is 336 g/mol. The van der Waals surface area contributed by atoms with Gasteiger partial charge < -0.3 is 20.0 Å². The van der Waals surface area contributed by atoms with Crippen molar-refractivity contribution in [3.8, 4) is 0 Å². The molecule has 0 bridgehead atoms. The van der Waals surface area contributed by atoms with Crippen molar-refractivity contribution in [1.29, 1.82) is 0 Å². The molecule has 0 aliphatic carbocycles. The quantitative estimate of drug-likeness (QED) is 0.822. The standard InChI is InChI=1S/C18H26N4O4/c19-16(23)12-20-5-1-3-14(11-20)17(24)21-6-2-7-22(9-8-21)18(25)15-4-10-26-13-15/h4,10,13-14H,1-3,5-9,11-12H2,(H2,19,23). The third-order valence-corrected chi connectivity index (χ3v) is 5.10. The van der Waals surface area contributed by atoms with Gasteiger partial charge >= 0.3 is 0 Å². The van der Waals surface area contributed by atoms with Crippen LogP contribution in [0.15, 0.2) is 23.0 Å². The summed E-state index contributed by atoms with van der Waals surface area (Å²) in [5.74, 6) is -0.393. The number of nitrogens with two attached hydrogens (primary N) is 1. The average molecular weight is 362 g/mol. The fourth-order valence-electron chi connectivity index (χ4n) is 3.79. The summed E-state index contributed by atoms with van der Waals surface area (Å²) >= 11 is 0. The Morgan fingerprint density at radius 2 is 1.85 bits per heavy atom. The van der Waals surface area contributed by atoms with E-state index in [0.717, 1.165) is 25.8 Å². The van der Waals surface area contributed by atoms with Crippen molar-refractivity contribution >= 4 is 17.7 Å². The first-order valence-electron chi connectivity index (χ1n) is 9.15. The molecule has 2 aliphatic rings. The van der Waals surface area contributed by atoms with Gasteiger partial charge in [0.1, 0.15) is 6.26 Å². The summed E-state index contributed by atoms with van der Waals surface area (Å²) in [6.07, 6.45) is 5.42. The van der Waals surface area contributed by atoms with Crippen LogP contribution < -0.4 is 5.73 Å². The zero-order valence-electron chi connectivity index (χ0n) is 14.9. The van der Waals surface area contributed by atoms with Crippen molar-refractivity contribution < 1.29 is 18.8 Å². The second-order valence-electron chi connectivity index (χ2n) is 7.02. The Bertz CT molecular complexity index is 646. The van der Waals surface area contributed by atoms with Crippen molar-refractivity contribution in [3.63, 3.8) is 0 Å². The van der Waals surface area contributed by atoms with Gasteiger partial charge in [-0.3, -0.25) is 19.3 Å². The van der Waals surface area contributed by atoms with Crippen LogP contribution in [-0.4, -0.2) is 78.2 Å². The second-order valence-corrected chi connectivity index (χ2v) is 7.02. The Labute approximate surface area is 152 Å². The van der Waals surface area contributed by atoms with Crippen LogP contribution in [0.1, 0.15) is 29.6 Å². The molecule has 2 fully saturated rings. The van der Waals surface area contributed by atoms with Crippen LogP contribution in [0.2, 0.25) is 0 Å². The maximum atomic E-state index is 12.9. The Balaban J connectivity index is 1.55. The zero-order valence-corrected chi connectivity index (χ0v) is 14.9. The molecular formula is C18H26N4O4. The molecule has 1 unspecified atom stereocenters.